The summed E-state index contributed by atoms with van der Waals surface area (Å²) in [5.41, 5.74) is -0.371. The van der Waals surface area contributed by atoms with Crippen LogP contribution in [-0.4, -0.2) is 53.8 Å². The van der Waals surface area contributed by atoms with Crippen molar-refractivity contribution in [3.63, 3.8) is 0 Å². The lowest BCUT2D eigenvalue weighted by atomic mass is 10.0. The second-order valence-corrected chi connectivity index (χ2v) is 8.13. The van der Waals surface area contributed by atoms with E-state index >= 15 is 0 Å². The second-order valence-electron chi connectivity index (χ2n) is 6.97. The number of benzene rings is 1. The fourth-order valence-electron chi connectivity index (χ4n) is 2.77. The number of hydrogen-bond acceptors (Lipinski definition) is 3. The molecule has 0 aromatic heterocycles. The molecule has 1 amide bonds. The summed E-state index contributed by atoms with van der Waals surface area (Å²) in [4.78, 5) is 14.9. The number of ether oxygens (including phenoxy) is 1. The van der Waals surface area contributed by atoms with Gasteiger partial charge >= 0.3 is 12.3 Å². The number of carbonyl (C=O) groups excluding carboxylic acids is 1. The van der Waals surface area contributed by atoms with Gasteiger partial charge < -0.3 is 9.64 Å². The van der Waals surface area contributed by atoms with Gasteiger partial charge in [-0.05, 0) is 55.0 Å². The SMILES string of the molecule is CC(C)(C)OC(=O)N1CCN(C(c2ccccc2I)C(F)(F)F)CC1. The first kappa shape index (κ1) is 20.3. The Morgan fingerprint density at radius 2 is 1.68 bits per heavy atom. The van der Waals surface area contributed by atoms with Gasteiger partial charge in [0.25, 0.3) is 0 Å². The van der Waals surface area contributed by atoms with E-state index in [4.69, 9.17) is 4.74 Å². The molecule has 0 saturated carbocycles. The minimum Gasteiger partial charge on any atom is -0.444 e. The van der Waals surface area contributed by atoms with E-state index in [0.717, 1.165) is 0 Å². The molecule has 2 rings (SSSR count). The fourth-order valence-corrected chi connectivity index (χ4v) is 3.45. The first-order chi connectivity index (χ1) is 11.5. The molecule has 4 nitrogen and oxygen atoms in total. The topological polar surface area (TPSA) is 32.8 Å². The average molecular weight is 470 g/mol. The molecule has 1 saturated heterocycles. The van der Waals surface area contributed by atoms with Gasteiger partial charge in [-0.2, -0.15) is 13.2 Å². The summed E-state index contributed by atoms with van der Waals surface area (Å²) in [5, 5.41) is 0. The van der Waals surface area contributed by atoms with Crippen molar-refractivity contribution in [3.05, 3.63) is 33.4 Å². The largest absolute Gasteiger partial charge is 0.444 e. The van der Waals surface area contributed by atoms with Gasteiger partial charge in [-0.1, -0.05) is 18.2 Å². The van der Waals surface area contributed by atoms with Gasteiger partial charge in [-0.3, -0.25) is 4.90 Å². The Morgan fingerprint density at radius 3 is 2.16 bits per heavy atom. The molecular weight excluding hydrogens is 448 g/mol. The summed E-state index contributed by atoms with van der Waals surface area (Å²) in [7, 11) is 0. The van der Waals surface area contributed by atoms with E-state index in [1.165, 1.54) is 15.9 Å². The zero-order chi connectivity index (χ0) is 18.8. The predicted molar refractivity (Wildman–Crippen MR) is 97.3 cm³/mol. The van der Waals surface area contributed by atoms with Crippen molar-refractivity contribution in [3.8, 4) is 0 Å². The Hall–Kier alpha value is -1.03. The van der Waals surface area contributed by atoms with Gasteiger partial charge in [0.05, 0.1) is 0 Å². The molecule has 0 N–H and O–H groups in total. The van der Waals surface area contributed by atoms with Crippen LogP contribution >= 0.6 is 22.6 Å². The number of rotatable bonds is 2. The van der Waals surface area contributed by atoms with Crippen molar-refractivity contribution in [1.29, 1.82) is 0 Å². The van der Waals surface area contributed by atoms with Crippen LogP contribution in [0.3, 0.4) is 0 Å². The Balaban J connectivity index is 2.11. The molecule has 0 bridgehead atoms. The zero-order valence-corrected chi connectivity index (χ0v) is 16.6. The number of piperazine rings is 1. The number of halogens is 4. The summed E-state index contributed by atoms with van der Waals surface area (Å²) in [6.45, 7) is 6.01. The Morgan fingerprint density at radius 1 is 1.12 bits per heavy atom. The van der Waals surface area contributed by atoms with E-state index in [1.54, 1.807) is 39.0 Å². The molecule has 0 radical (unpaired) electrons. The quantitative estimate of drug-likeness (QED) is 0.600. The zero-order valence-electron chi connectivity index (χ0n) is 14.4. The lowest BCUT2D eigenvalue weighted by Crippen LogP contribution is -2.53. The van der Waals surface area contributed by atoms with Crippen LogP contribution in [0.5, 0.6) is 0 Å². The molecule has 1 aromatic rings. The molecule has 1 heterocycles. The molecule has 1 aliphatic heterocycles. The van der Waals surface area contributed by atoms with Crippen LogP contribution < -0.4 is 0 Å². The number of hydrogen-bond donors (Lipinski definition) is 0. The third-order valence-corrected chi connectivity index (χ3v) is 4.82. The van der Waals surface area contributed by atoms with Crippen molar-refractivity contribution >= 4 is 28.7 Å². The van der Waals surface area contributed by atoms with Crippen LogP contribution in [0.15, 0.2) is 24.3 Å². The van der Waals surface area contributed by atoms with Crippen LogP contribution in [0.2, 0.25) is 0 Å². The highest BCUT2D eigenvalue weighted by molar-refractivity contribution is 14.1. The highest BCUT2D eigenvalue weighted by Crippen LogP contribution is 2.39. The molecule has 1 atom stereocenters. The van der Waals surface area contributed by atoms with Crippen molar-refractivity contribution in [2.24, 2.45) is 0 Å². The smallest absolute Gasteiger partial charge is 0.410 e. The maximum atomic E-state index is 13.7. The first-order valence-electron chi connectivity index (χ1n) is 8.02. The number of nitrogens with zero attached hydrogens (tertiary/aromatic N) is 2. The number of carbonyl (C=O) groups is 1. The maximum absolute atomic E-state index is 13.7. The number of amides is 1. The van der Waals surface area contributed by atoms with Crippen LogP contribution in [0, 0.1) is 3.57 Å². The van der Waals surface area contributed by atoms with Crippen molar-refractivity contribution in [1.82, 2.24) is 9.80 Å². The van der Waals surface area contributed by atoms with E-state index < -0.39 is 23.9 Å². The fraction of sp³-hybridized carbons (Fsp3) is 0.588. The normalized spacial score (nSPS) is 18.1. The Labute approximate surface area is 159 Å². The Bertz CT molecular complexity index is 609. The second kappa shape index (κ2) is 7.69. The molecule has 1 aliphatic rings. The third-order valence-electron chi connectivity index (χ3n) is 3.84. The molecule has 0 spiro atoms. The van der Waals surface area contributed by atoms with Gasteiger partial charge in [0.15, 0.2) is 0 Å². The van der Waals surface area contributed by atoms with Crippen LogP contribution in [-0.2, 0) is 4.74 Å². The first-order valence-corrected chi connectivity index (χ1v) is 9.10. The minimum absolute atomic E-state index is 0.147. The summed E-state index contributed by atoms with van der Waals surface area (Å²) in [6.07, 6.45) is -4.86. The summed E-state index contributed by atoms with van der Waals surface area (Å²) >= 11 is 1.93. The van der Waals surface area contributed by atoms with Gasteiger partial charge in [0.2, 0.25) is 0 Å². The van der Waals surface area contributed by atoms with Crippen LogP contribution in [0.4, 0.5) is 18.0 Å². The molecule has 1 fully saturated rings. The molecule has 1 aromatic carbocycles. The van der Waals surface area contributed by atoms with E-state index in [0.29, 0.717) is 3.57 Å². The predicted octanol–water partition coefficient (Wildman–Crippen LogP) is 4.45. The summed E-state index contributed by atoms with van der Waals surface area (Å²) in [6, 6.07) is 4.86. The van der Waals surface area contributed by atoms with Gasteiger partial charge in [-0.15, -0.1) is 0 Å². The summed E-state index contributed by atoms with van der Waals surface area (Å²) in [5.74, 6) is 0. The average Bonchev–Trinajstić information content (AvgIpc) is 2.47. The monoisotopic (exact) mass is 470 g/mol. The van der Waals surface area contributed by atoms with Crippen molar-refractivity contribution in [2.75, 3.05) is 26.2 Å². The van der Waals surface area contributed by atoms with Gasteiger partial charge in [0, 0.05) is 29.7 Å². The van der Waals surface area contributed by atoms with Crippen LogP contribution in [0.25, 0.3) is 0 Å². The third kappa shape index (κ3) is 5.47. The van der Waals surface area contributed by atoms with Crippen molar-refractivity contribution in [2.45, 2.75) is 38.6 Å². The molecule has 25 heavy (non-hydrogen) atoms. The Kier molecular flexibility index (Phi) is 6.24. The van der Waals surface area contributed by atoms with Crippen molar-refractivity contribution < 1.29 is 22.7 Å². The lowest BCUT2D eigenvalue weighted by molar-refractivity contribution is -0.190. The highest BCUT2D eigenvalue weighted by Gasteiger charge is 2.46. The van der Waals surface area contributed by atoms with Gasteiger partial charge in [0.1, 0.15) is 11.6 Å². The molecule has 140 valence electrons. The van der Waals surface area contributed by atoms with E-state index in [9.17, 15) is 18.0 Å². The van der Waals surface area contributed by atoms with E-state index in [-0.39, 0.29) is 31.7 Å². The lowest BCUT2D eigenvalue weighted by Gasteiger charge is -2.40. The summed E-state index contributed by atoms with van der Waals surface area (Å²) < 4.78 is 47.0. The van der Waals surface area contributed by atoms with Gasteiger partial charge in [-0.25, -0.2) is 4.79 Å². The molecule has 8 heteroatoms. The van der Waals surface area contributed by atoms with Crippen LogP contribution in [0.1, 0.15) is 32.4 Å². The minimum atomic E-state index is -4.38. The molecule has 1 unspecified atom stereocenters. The maximum Gasteiger partial charge on any atom is 0.410 e. The highest BCUT2D eigenvalue weighted by atomic mass is 127. The van der Waals surface area contributed by atoms with E-state index in [1.807, 2.05) is 22.6 Å². The molecular formula is C17H22F3IN2O2. The van der Waals surface area contributed by atoms with E-state index in [2.05, 4.69) is 0 Å². The standard InChI is InChI=1S/C17H22F3IN2O2/c1-16(2,3)25-15(24)23-10-8-22(9-11-23)14(17(18,19)20)12-6-4-5-7-13(12)21/h4-7,14H,8-11H2,1-3H3. The molecule has 0 aliphatic carbocycles. The number of alkyl halides is 3.